The van der Waals surface area contributed by atoms with Crippen LogP contribution >= 0.6 is 11.6 Å². The van der Waals surface area contributed by atoms with E-state index in [0.717, 1.165) is 87.2 Å². The molecular weight excluding hydrogens is 780 g/mol. The molecule has 2 fully saturated rings. The number of hydrogen-bond acceptors (Lipinski definition) is 12. The first-order chi connectivity index (χ1) is 29.0. The van der Waals surface area contributed by atoms with Crippen molar-refractivity contribution in [2.24, 2.45) is 0 Å². The normalized spacial score (nSPS) is 17.0. The summed E-state index contributed by atoms with van der Waals surface area (Å²) < 4.78 is 40.5. The molecule has 3 aromatic carbocycles. The summed E-state index contributed by atoms with van der Waals surface area (Å²) in [4.78, 5) is 29.9. The highest BCUT2D eigenvalue weighted by atomic mass is 35.5. The standard InChI is InChI=1S/C44H57ClN4O10/c45-13-3-1-2-4-20-53-23-24-55-22-15-47-43(52)57-28-27-56-26-25-54-21-14-46-41(50)32-7-10-35-38(29-32)44(59-42(35)51)36-11-8-33(48-16-5-17-48)30-39(36)58-40-31-34(9-12-37(40)44)49-18-6-19-49/h7-12,29-31,42,51H,1-6,13-28H2,(H,46,50)(H,47,52). The summed E-state index contributed by atoms with van der Waals surface area (Å²) >= 11 is 5.67. The number of nitrogens with zero attached hydrogens (tertiary/aromatic N) is 2. The molecule has 14 nitrogen and oxygen atoms in total. The number of hydrogen-bond donors (Lipinski definition) is 3. The quantitative estimate of drug-likeness (QED) is 0.0735. The number of ether oxygens (including phenoxy) is 7. The molecule has 0 aliphatic carbocycles. The van der Waals surface area contributed by atoms with Crippen LogP contribution in [0, 0.1) is 0 Å². The highest BCUT2D eigenvalue weighted by Crippen LogP contribution is 2.59. The van der Waals surface area contributed by atoms with Crippen LogP contribution in [0.15, 0.2) is 54.6 Å². The Morgan fingerprint density at radius 2 is 1.25 bits per heavy atom. The van der Waals surface area contributed by atoms with Crippen LogP contribution in [0.5, 0.6) is 11.5 Å². The average Bonchev–Trinajstić information content (AvgIpc) is 3.48. The van der Waals surface area contributed by atoms with Crippen molar-refractivity contribution in [3.8, 4) is 11.5 Å². The molecule has 1 atom stereocenters. The van der Waals surface area contributed by atoms with E-state index < -0.39 is 18.0 Å². The van der Waals surface area contributed by atoms with E-state index in [1.54, 1.807) is 12.1 Å². The van der Waals surface area contributed by atoms with Gasteiger partial charge in [-0.2, -0.15) is 0 Å². The fraction of sp³-hybridized carbons (Fsp3) is 0.545. The zero-order valence-corrected chi connectivity index (χ0v) is 34.5. The Bertz CT molecular complexity index is 1790. The first kappa shape index (κ1) is 43.0. The number of benzene rings is 3. The van der Waals surface area contributed by atoms with E-state index in [1.165, 1.54) is 0 Å². The van der Waals surface area contributed by atoms with Crippen LogP contribution in [-0.2, 0) is 34.0 Å². The largest absolute Gasteiger partial charge is 0.456 e. The molecule has 2 saturated heterocycles. The molecule has 4 aliphatic rings. The molecule has 1 unspecified atom stereocenters. The third-order valence-corrected chi connectivity index (χ3v) is 11.3. The lowest BCUT2D eigenvalue weighted by Crippen LogP contribution is -2.38. The number of anilines is 2. The van der Waals surface area contributed by atoms with E-state index in [9.17, 15) is 14.7 Å². The number of unbranched alkanes of at least 4 members (excludes halogenated alkanes) is 3. The van der Waals surface area contributed by atoms with Crippen LogP contribution in [0.3, 0.4) is 0 Å². The summed E-state index contributed by atoms with van der Waals surface area (Å²) in [6.45, 7) is 7.94. The van der Waals surface area contributed by atoms with Gasteiger partial charge in [0.15, 0.2) is 11.9 Å². The van der Waals surface area contributed by atoms with Crippen molar-refractivity contribution in [3.05, 3.63) is 82.4 Å². The second-order valence-corrected chi connectivity index (χ2v) is 15.3. The highest BCUT2D eigenvalue weighted by Gasteiger charge is 2.53. The Balaban J connectivity index is 0.826. The second kappa shape index (κ2) is 21.4. The molecule has 2 amide bonds. The number of aliphatic hydroxyl groups is 1. The number of carbonyl (C=O) groups excluding carboxylic acids is 2. The SMILES string of the molecule is O=C(NCCOCCOCCCCCCCl)OCCOCCOCCNC(=O)c1ccc2c(c1)C1(OC2O)c2ccc(N3CCC3)cc2Oc2cc(N3CCC3)ccc21. The van der Waals surface area contributed by atoms with Crippen molar-refractivity contribution in [1.29, 1.82) is 0 Å². The smallest absolute Gasteiger partial charge is 0.407 e. The second-order valence-electron chi connectivity index (χ2n) is 15.0. The zero-order chi connectivity index (χ0) is 40.9. The average molecular weight is 837 g/mol. The lowest BCUT2D eigenvalue weighted by molar-refractivity contribution is -0.142. The van der Waals surface area contributed by atoms with E-state index >= 15 is 0 Å². The van der Waals surface area contributed by atoms with Gasteiger partial charge in [0, 0.05) is 103 Å². The van der Waals surface area contributed by atoms with Gasteiger partial charge in [-0.05, 0) is 62.1 Å². The molecule has 7 rings (SSSR count). The lowest BCUT2D eigenvalue weighted by atomic mass is 9.77. The van der Waals surface area contributed by atoms with Gasteiger partial charge >= 0.3 is 6.09 Å². The number of aliphatic hydroxyl groups excluding tert-OH is 1. The third kappa shape index (κ3) is 10.6. The maximum absolute atomic E-state index is 13.5. The number of carbonyl (C=O) groups is 2. The van der Waals surface area contributed by atoms with E-state index in [4.69, 9.17) is 44.8 Å². The monoisotopic (exact) mass is 836 g/mol. The van der Waals surface area contributed by atoms with Gasteiger partial charge in [-0.15, -0.1) is 11.6 Å². The van der Waals surface area contributed by atoms with Gasteiger partial charge in [-0.25, -0.2) is 4.79 Å². The van der Waals surface area contributed by atoms with E-state index in [2.05, 4.69) is 44.7 Å². The van der Waals surface area contributed by atoms with Crippen LogP contribution < -0.4 is 25.2 Å². The molecule has 0 saturated carbocycles. The predicted molar refractivity (Wildman–Crippen MR) is 223 cm³/mol. The number of fused-ring (bicyclic) bond motifs is 6. The molecule has 1 spiro atoms. The van der Waals surface area contributed by atoms with Gasteiger partial charge in [0.25, 0.3) is 5.91 Å². The number of alkyl halides is 1. The summed E-state index contributed by atoms with van der Waals surface area (Å²) in [7, 11) is 0. The Morgan fingerprint density at radius 3 is 1.86 bits per heavy atom. The van der Waals surface area contributed by atoms with Gasteiger partial charge in [0.05, 0.1) is 46.2 Å². The molecule has 0 radical (unpaired) electrons. The minimum atomic E-state index is -1.20. The number of rotatable bonds is 24. The summed E-state index contributed by atoms with van der Waals surface area (Å²) in [5.41, 5.74) is 4.30. The molecule has 59 heavy (non-hydrogen) atoms. The molecule has 0 bridgehead atoms. The van der Waals surface area contributed by atoms with Crippen molar-refractivity contribution >= 4 is 35.0 Å². The Kier molecular flexibility index (Phi) is 15.6. The first-order valence-corrected chi connectivity index (χ1v) is 21.5. The van der Waals surface area contributed by atoms with Crippen LogP contribution in [-0.4, -0.2) is 122 Å². The Morgan fingerprint density at radius 1 is 0.678 bits per heavy atom. The molecule has 4 aliphatic heterocycles. The fourth-order valence-corrected chi connectivity index (χ4v) is 7.80. The van der Waals surface area contributed by atoms with Crippen LogP contribution in [0.2, 0.25) is 0 Å². The van der Waals surface area contributed by atoms with Crippen molar-refractivity contribution in [2.75, 3.05) is 114 Å². The molecule has 4 heterocycles. The molecule has 0 aromatic heterocycles. The van der Waals surface area contributed by atoms with Crippen molar-refractivity contribution in [2.45, 2.75) is 50.4 Å². The van der Waals surface area contributed by atoms with Gasteiger partial charge in [-0.1, -0.05) is 18.9 Å². The maximum atomic E-state index is 13.5. The maximum Gasteiger partial charge on any atom is 0.407 e. The van der Waals surface area contributed by atoms with Crippen LogP contribution in [0.25, 0.3) is 0 Å². The summed E-state index contributed by atoms with van der Waals surface area (Å²) in [5.74, 6) is 1.79. The summed E-state index contributed by atoms with van der Waals surface area (Å²) in [5, 5.41) is 16.9. The molecule has 3 N–H and O–H groups in total. The van der Waals surface area contributed by atoms with Crippen LogP contribution in [0.4, 0.5) is 16.2 Å². The molecule has 320 valence electrons. The third-order valence-electron chi connectivity index (χ3n) is 11.0. The van der Waals surface area contributed by atoms with Crippen molar-refractivity contribution in [3.63, 3.8) is 0 Å². The van der Waals surface area contributed by atoms with Gasteiger partial charge in [0.2, 0.25) is 0 Å². The highest BCUT2D eigenvalue weighted by molar-refractivity contribution is 6.17. The minimum Gasteiger partial charge on any atom is -0.456 e. The summed E-state index contributed by atoms with van der Waals surface area (Å²) in [6.07, 6.45) is 4.89. The number of halogens is 1. The topological polar surface area (TPSA) is 150 Å². The van der Waals surface area contributed by atoms with Crippen molar-refractivity contribution < 1.29 is 47.9 Å². The summed E-state index contributed by atoms with van der Waals surface area (Å²) in [6, 6.07) is 17.6. The first-order valence-electron chi connectivity index (χ1n) is 21.0. The van der Waals surface area contributed by atoms with Gasteiger partial charge < -0.3 is 58.7 Å². The van der Waals surface area contributed by atoms with Gasteiger partial charge in [0.1, 0.15) is 18.1 Å². The van der Waals surface area contributed by atoms with Crippen LogP contribution in [0.1, 0.15) is 77.4 Å². The number of alkyl carbamates (subject to hydrolysis) is 1. The molecule has 3 aromatic rings. The lowest BCUT2D eigenvalue weighted by Gasteiger charge is -2.40. The van der Waals surface area contributed by atoms with E-state index in [0.29, 0.717) is 80.3 Å². The predicted octanol–water partition coefficient (Wildman–Crippen LogP) is 5.85. The van der Waals surface area contributed by atoms with E-state index in [1.807, 2.05) is 18.2 Å². The van der Waals surface area contributed by atoms with E-state index in [-0.39, 0.29) is 32.3 Å². The number of amides is 2. The zero-order valence-electron chi connectivity index (χ0n) is 33.7. The Labute approximate surface area is 351 Å². The molecular formula is C44H57ClN4O10. The Hall–Kier alpha value is -4.15. The van der Waals surface area contributed by atoms with Gasteiger partial charge in [-0.3, -0.25) is 4.79 Å². The number of nitrogens with one attached hydrogen (secondary N) is 2. The fourth-order valence-electron chi connectivity index (χ4n) is 7.61. The van der Waals surface area contributed by atoms with Crippen molar-refractivity contribution in [1.82, 2.24) is 10.6 Å². The minimum absolute atomic E-state index is 0.106. The molecule has 15 heteroatoms.